The summed E-state index contributed by atoms with van der Waals surface area (Å²) in [6.45, 7) is 10.9. The molecule has 9 nitrogen and oxygen atoms in total. The number of unbranched alkanes of at least 4 members (excludes halogenated alkanes) is 1. The van der Waals surface area contributed by atoms with Crippen molar-refractivity contribution in [2.75, 3.05) is 6.54 Å². The lowest BCUT2D eigenvalue weighted by molar-refractivity contribution is -0.128. The number of alkyl carbamates (subject to hydrolysis) is 2. The molecule has 0 aliphatic heterocycles. The van der Waals surface area contributed by atoms with Crippen molar-refractivity contribution in [3.63, 3.8) is 0 Å². The number of nitrogens with one attached hydrogen (secondary N) is 2. The summed E-state index contributed by atoms with van der Waals surface area (Å²) in [6.07, 6.45) is 0.658. The van der Waals surface area contributed by atoms with E-state index in [-0.39, 0.29) is 36.8 Å². The van der Waals surface area contributed by atoms with Crippen molar-refractivity contribution < 1.29 is 33.8 Å². The number of amides is 2. The first-order chi connectivity index (χ1) is 19.2. The first kappa shape index (κ1) is 33.3. The molecule has 2 aromatic carbocycles. The predicted octanol–water partition coefficient (Wildman–Crippen LogP) is 5.71. The third-order valence-electron chi connectivity index (χ3n) is 6.65. The standard InChI is InChI=1S/C32H44N2O7/c1-21-16-26(36)17-22(2)27(21)19-28(34-31(39)40-20-24-12-8-7-9-13-24)29(37)18-25(23(3)35)14-10-11-15-33-30(38)41-32(4,5)6/h7-9,12-13,16-17,25,28,36H,10-11,14-15,18-20H2,1-6H3,(H,33,38)(H,34,39). The van der Waals surface area contributed by atoms with E-state index < -0.39 is 29.7 Å². The van der Waals surface area contributed by atoms with Gasteiger partial charge in [0.1, 0.15) is 23.7 Å². The molecule has 0 saturated heterocycles. The van der Waals surface area contributed by atoms with Crippen LogP contribution < -0.4 is 10.6 Å². The number of ether oxygens (including phenoxy) is 2. The minimum Gasteiger partial charge on any atom is -0.508 e. The summed E-state index contributed by atoms with van der Waals surface area (Å²) < 4.78 is 10.6. The summed E-state index contributed by atoms with van der Waals surface area (Å²) in [6, 6.07) is 11.5. The maximum Gasteiger partial charge on any atom is 0.408 e. The molecule has 0 aromatic heterocycles. The van der Waals surface area contributed by atoms with Gasteiger partial charge in [0.15, 0.2) is 5.78 Å². The van der Waals surface area contributed by atoms with Crippen LogP contribution in [-0.2, 0) is 32.1 Å². The van der Waals surface area contributed by atoms with Gasteiger partial charge in [-0.25, -0.2) is 9.59 Å². The van der Waals surface area contributed by atoms with E-state index in [1.807, 2.05) is 44.2 Å². The number of ketones is 2. The van der Waals surface area contributed by atoms with Gasteiger partial charge in [-0.1, -0.05) is 36.8 Å². The van der Waals surface area contributed by atoms with E-state index in [0.717, 1.165) is 22.3 Å². The van der Waals surface area contributed by atoms with Gasteiger partial charge in [0, 0.05) is 25.3 Å². The zero-order valence-electron chi connectivity index (χ0n) is 25.0. The highest BCUT2D eigenvalue weighted by Crippen LogP contribution is 2.24. The molecule has 3 N–H and O–H groups in total. The molecule has 0 fully saturated rings. The Labute approximate surface area is 243 Å². The highest BCUT2D eigenvalue weighted by atomic mass is 16.6. The number of hydrogen-bond donors (Lipinski definition) is 3. The minimum absolute atomic E-state index is 0.0331. The van der Waals surface area contributed by atoms with Gasteiger partial charge >= 0.3 is 12.2 Å². The SMILES string of the molecule is CC(=O)C(CCCCNC(=O)OC(C)(C)C)CC(=O)C(Cc1c(C)cc(O)cc1C)NC(=O)OCc1ccccc1. The normalized spacial score (nSPS) is 12.6. The quantitative estimate of drug-likeness (QED) is 0.249. The van der Waals surface area contributed by atoms with E-state index in [9.17, 15) is 24.3 Å². The molecule has 0 radical (unpaired) electrons. The molecule has 2 atom stereocenters. The summed E-state index contributed by atoms with van der Waals surface area (Å²) in [7, 11) is 0. The van der Waals surface area contributed by atoms with Crippen molar-refractivity contribution in [3.8, 4) is 5.75 Å². The first-order valence-corrected chi connectivity index (χ1v) is 14.0. The molecule has 9 heteroatoms. The highest BCUT2D eigenvalue weighted by Gasteiger charge is 2.28. The van der Waals surface area contributed by atoms with Gasteiger partial charge in [0.25, 0.3) is 0 Å². The van der Waals surface area contributed by atoms with Gasteiger partial charge in [0.2, 0.25) is 0 Å². The Hall–Kier alpha value is -3.88. The fourth-order valence-corrected chi connectivity index (χ4v) is 4.50. The number of aromatic hydroxyl groups is 1. The van der Waals surface area contributed by atoms with Crippen LogP contribution in [0.2, 0.25) is 0 Å². The van der Waals surface area contributed by atoms with Gasteiger partial charge in [-0.3, -0.25) is 9.59 Å². The third kappa shape index (κ3) is 12.4. The molecule has 0 spiro atoms. The number of phenols is 1. The second kappa shape index (κ2) is 15.8. The molecule has 2 aromatic rings. The minimum atomic E-state index is -0.920. The molecular formula is C32H44N2O7. The second-order valence-electron chi connectivity index (χ2n) is 11.4. The van der Waals surface area contributed by atoms with Crippen LogP contribution in [0.15, 0.2) is 42.5 Å². The van der Waals surface area contributed by atoms with E-state index >= 15 is 0 Å². The Morgan fingerprint density at radius 2 is 1.59 bits per heavy atom. The van der Waals surface area contributed by atoms with Crippen molar-refractivity contribution in [3.05, 3.63) is 64.7 Å². The van der Waals surface area contributed by atoms with E-state index in [1.165, 1.54) is 6.92 Å². The smallest absolute Gasteiger partial charge is 0.408 e. The Bertz CT molecular complexity index is 1170. The van der Waals surface area contributed by atoms with Crippen molar-refractivity contribution in [2.24, 2.45) is 5.92 Å². The van der Waals surface area contributed by atoms with E-state index in [0.29, 0.717) is 25.8 Å². The third-order valence-corrected chi connectivity index (χ3v) is 6.65. The predicted molar refractivity (Wildman–Crippen MR) is 157 cm³/mol. The Morgan fingerprint density at radius 1 is 0.951 bits per heavy atom. The number of carbonyl (C=O) groups is 4. The lowest BCUT2D eigenvalue weighted by atomic mass is 9.87. The fraction of sp³-hybridized carbons (Fsp3) is 0.500. The van der Waals surface area contributed by atoms with Crippen LogP contribution in [0.5, 0.6) is 5.75 Å². The molecule has 0 heterocycles. The van der Waals surface area contributed by atoms with Crippen LogP contribution in [-0.4, -0.2) is 47.0 Å². The number of hydrogen-bond acceptors (Lipinski definition) is 7. The van der Waals surface area contributed by atoms with Crippen LogP contribution in [0.4, 0.5) is 9.59 Å². The van der Waals surface area contributed by atoms with Crippen LogP contribution >= 0.6 is 0 Å². The van der Waals surface area contributed by atoms with Gasteiger partial charge in [0.05, 0.1) is 6.04 Å². The summed E-state index contributed by atoms with van der Waals surface area (Å²) in [5.41, 5.74) is 2.64. The number of phenolic OH excluding ortho intramolecular Hbond substituents is 1. The monoisotopic (exact) mass is 568 g/mol. The maximum atomic E-state index is 13.5. The van der Waals surface area contributed by atoms with E-state index in [4.69, 9.17) is 9.47 Å². The number of rotatable bonds is 14. The lowest BCUT2D eigenvalue weighted by Gasteiger charge is -2.22. The van der Waals surface area contributed by atoms with E-state index in [1.54, 1.807) is 32.9 Å². The molecule has 0 aliphatic rings. The summed E-state index contributed by atoms with van der Waals surface area (Å²) in [5, 5.41) is 15.3. The van der Waals surface area contributed by atoms with Crippen LogP contribution in [0.3, 0.4) is 0 Å². The molecule has 2 amide bonds. The lowest BCUT2D eigenvalue weighted by Crippen LogP contribution is -2.43. The van der Waals surface area contributed by atoms with Crippen LogP contribution in [0.1, 0.15) is 75.6 Å². The van der Waals surface area contributed by atoms with Gasteiger partial charge in [-0.05, 0) is 88.8 Å². The average Bonchev–Trinajstić information content (AvgIpc) is 2.87. The van der Waals surface area contributed by atoms with Gasteiger partial charge in [-0.2, -0.15) is 0 Å². The molecule has 41 heavy (non-hydrogen) atoms. The molecule has 0 saturated carbocycles. The average molecular weight is 569 g/mol. The fourth-order valence-electron chi connectivity index (χ4n) is 4.50. The molecular weight excluding hydrogens is 524 g/mol. The summed E-state index contributed by atoms with van der Waals surface area (Å²) in [5.74, 6) is -0.781. The number of Topliss-reactive ketones (excluding diaryl/α,β-unsaturated/α-hetero) is 2. The number of carbonyl (C=O) groups excluding carboxylic acids is 4. The van der Waals surface area contributed by atoms with Crippen LogP contribution in [0, 0.1) is 19.8 Å². The molecule has 0 aliphatic carbocycles. The van der Waals surface area contributed by atoms with Crippen molar-refractivity contribution >= 4 is 23.8 Å². The van der Waals surface area contributed by atoms with Crippen molar-refractivity contribution in [1.82, 2.24) is 10.6 Å². The second-order valence-corrected chi connectivity index (χ2v) is 11.4. The zero-order chi connectivity index (χ0) is 30.6. The number of aryl methyl sites for hydroxylation is 2. The van der Waals surface area contributed by atoms with E-state index in [2.05, 4.69) is 10.6 Å². The largest absolute Gasteiger partial charge is 0.508 e. The molecule has 2 unspecified atom stereocenters. The van der Waals surface area contributed by atoms with Gasteiger partial charge in [-0.15, -0.1) is 0 Å². The van der Waals surface area contributed by atoms with Crippen molar-refractivity contribution in [1.29, 1.82) is 0 Å². The number of benzene rings is 2. The summed E-state index contributed by atoms with van der Waals surface area (Å²) in [4.78, 5) is 50.5. The highest BCUT2D eigenvalue weighted by molar-refractivity contribution is 5.91. The topological polar surface area (TPSA) is 131 Å². The molecule has 0 bridgehead atoms. The maximum absolute atomic E-state index is 13.5. The van der Waals surface area contributed by atoms with Crippen LogP contribution in [0.25, 0.3) is 0 Å². The first-order valence-electron chi connectivity index (χ1n) is 14.0. The Balaban J connectivity index is 2.05. The van der Waals surface area contributed by atoms with Crippen molar-refractivity contribution in [2.45, 2.75) is 91.9 Å². The molecule has 2 rings (SSSR count). The summed E-state index contributed by atoms with van der Waals surface area (Å²) >= 11 is 0. The Morgan fingerprint density at radius 3 is 2.17 bits per heavy atom. The Kier molecular flexibility index (Phi) is 12.8. The zero-order valence-corrected chi connectivity index (χ0v) is 25.0. The molecule has 224 valence electrons. The van der Waals surface area contributed by atoms with Gasteiger partial charge < -0.3 is 25.2 Å².